The van der Waals surface area contributed by atoms with Crippen molar-refractivity contribution in [1.82, 2.24) is 5.32 Å². The molecule has 1 aromatic heterocycles. The zero-order chi connectivity index (χ0) is 13.3. The number of rotatable bonds is 5. The van der Waals surface area contributed by atoms with Crippen molar-refractivity contribution in [3.05, 3.63) is 23.2 Å². The van der Waals surface area contributed by atoms with Crippen molar-refractivity contribution in [3.63, 3.8) is 0 Å². The molecule has 0 amide bonds. The van der Waals surface area contributed by atoms with Crippen LogP contribution in [0.5, 0.6) is 0 Å². The summed E-state index contributed by atoms with van der Waals surface area (Å²) in [6.07, 6.45) is 1.28. The highest BCUT2D eigenvalue weighted by Crippen LogP contribution is 2.50. The molecule has 0 radical (unpaired) electrons. The fraction of sp³-hybridized carbons (Fsp3) is 0.643. The topological polar surface area (TPSA) is 51.5 Å². The van der Waals surface area contributed by atoms with Gasteiger partial charge in [-0.3, -0.25) is 0 Å². The minimum absolute atomic E-state index is 0.342. The predicted molar refractivity (Wildman–Crippen MR) is 68.4 cm³/mol. The summed E-state index contributed by atoms with van der Waals surface area (Å²) in [4.78, 5) is 11.4. The lowest BCUT2D eigenvalue weighted by atomic mass is 10.1. The van der Waals surface area contributed by atoms with E-state index in [-0.39, 0.29) is 5.97 Å². The summed E-state index contributed by atoms with van der Waals surface area (Å²) >= 11 is 0. The Morgan fingerprint density at radius 3 is 2.83 bits per heavy atom. The molecule has 1 unspecified atom stereocenters. The second-order valence-electron chi connectivity index (χ2n) is 5.69. The van der Waals surface area contributed by atoms with Crippen LogP contribution in [0.4, 0.5) is 0 Å². The SMILES string of the molecule is COC(=O)c1cc(CNCC2CC2(C)C)oc1C. The number of furan rings is 1. The Hall–Kier alpha value is -1.29. The third-order valence-corrected chi connectivity index (χ3v) is 3.78. The Kier molecular flexibility index (Phi) is 3.48. The van der Waals surface area contributed by atoms with Gasteiger partial charge in [-0.1, -0.05) is 13.8 Å². The van der Waals surface area contributed by atoms with Gasteiger partial charge in [0.2, 0.25) is 0 Å². The van der Waals surface area contributed by atoms with Crippen molar-refractivity contribution >= 4 is 5.97 Å². The number of hydrogen-bond acceptors (Lipinski definition) is 4. The fourth-order valence-corrected chi connectivity index (χ4v) is 2.24. The smallest absolute Gasteiger partial charge is 0.341 e. The number of aryl methyl sites for hydroxylation is 1. The molecule has 1 N–H and O–H groups in total. The van der Waals surface area contributed by atoms with Crippen LogP contribution in [0, 0.1) is 18.3 Å². The van der Waals surface area contributed by atoms with E-state index in [1.165, 1.54) is 13.5 Å². The average Bonchev–Trinajstić information content (AvgIpc) is 2.74. The van der Waals surface area contributed by atoms with Crippen molar-refractivity contribution in [2.45, 2.75) is 33.7 Å². The molecule has 0 spiro atoms. The summed E-state index contributed by atoms with van der Waals surface area (Å²) in [6.45, 7) is 8.00. The first kappa shape index (κ1) is 13.1. The monoisotopic (exact) mass is 251 g/mol. The second kappa shape index (κ2) is 4.76. The highest BCUT2D eigenvalue weighted by molar-refractivity contribution is 5.90. The van der Waals surface area contributed by atoms with Gasteiger partial charge >= 0.3 is 5.97 Å². The van der Waals surface area contributed by atoms with Crippen LogP contribution in [-0.4, -0.2) is 19.6 Å². The van der Waals surface area contributed by atoms with Crippen molar-refractivity contribution in [2.75, 3.05) is 13.7 Å². The fourth-order valence-electron chi connectivity index (χ4n) is 2.24. The Morgan fingerprint density at radius 2 is 2.28 bits per heavy atom. The number of esters is 1. The van der Waals surface area contributed by atoms with E-state index in [9.17, 15) is 4.79 Å². The van der Waals surface area contributed by atoms with Gasteiger partial charge in [0.25, 0.3) is 0 Å². The maximum Gasteiger partial charge on any atom is 0.341 e. The molecular formula is C14H21NO3. The quantitative estimate of drug-likeness (QED) is 0.817. The van der Waals surface area contributed by atoms with E-state index >= 15 is 0 Å². The number of carbonyl (C=O) groups is 1. The number of carbonyl (C=O) groups excluding carboxylic acids is 1. The molecule has 4 heteroatoms. The number of hydrogen-bond donors (Lipinski definition) is 1. The highest BCUT2D eigenvalue weighted by Gasteiger charge is 2.44. The van der Waals surface area contributed by atoms with Gasteiger partial charge in [-0.15, -0.1) is 0 Å². The minimum Gasteiger partial charge on any atom is -0.465 e. The summed E-state index contributed by atoms with van der Waals surface area (Å²) in [6, 6.07) is 1.76. The summed E-state index contributed by atoms with van der Waals surface area (Å²) in [5, 5.41) is 3.37. The molecule has 1 saturated carbocycles. The average molecular weight is 251 g/mol. The molecular weight excluding hydrogens is 230 g/mol. The molecule has 0 aliphatic heterocycles. The van der Waals surface area contributed by atoms with Crippen LogP contribution in [0.15, 0.2) is 10.5 Å². The van der Waals surface area contributed by atoms with E-state index in [0.29, 0.717) is 23.3 Å². The third kappa shape index (κ3) is 2.75. The summed E-state index contributed by atoms with van der Waals surface area (Å²) in [5.41, 5.74) is 1.00. The van der Waals surface area contributed by atoms with Crippen molar-refractivity contribution in [1.29, 1.82) is 0 Å². The summed E-state index contributed by atoms with van der Waals surface area (Å²) in [5.74, 6) is 1.82. The van der Waals surface area contributed by atoms with E-state index in [4.69, 9.17) is 9.15 Å². The highest BCUT2D eigenvalue weighted by atomic mass is 16.5. The lowest BCUT2D eigenvalue weighted by Crippen LogP contribution is -2.17. The standard InChI is InChI=1S/C14H21NO3/c1-9-12(13(16)17-4)5-11(18-9)8-15-7-10-6-14(10,2)3/h5,10,15H,6-8H2,1-4H3. The Bertz CT molecular complexity index is 448. The molecule has 1 atom stereocenters. The molecule has 4 nitrogen and oxygen atoms in total. The maximum atomic E-state index is 11.4. The van der Waals surface area contributed by atoms with E-state index < -0.39 is 0 Å². The maximum absolute atomic E-state index is 11.4. The van der Waals surface area contributed by atoms with Crippen LogP contribution in [0.3, 0.4) is 0 Å². The summed E-state index contributed by atoms with van der Waals surface area (Å²) < 4.78 is 10.2. The largest absolute Gasteiger partial charge is 0.465 e. The lowest BCUT2D eigenvalue weighted by molar-refractivity contribution is 0.0599. The Morgan fingerprint density at radius 1 is 1.61 bits per heavy atom. The van der Waals surface area contributed by atoms with Gasteiger partial charge in [0.15, 0.2) is 0 Å². The van der Waals surface area contributed by atoms with Gasteiger partial charge in [-0.05, 0) is 37.3 Å². The Balaban J connectivity index is 1.85. The van der Waals surface area contributed by atoms with Crippen molar-refractivity contribution in [3.8, 4) is 0 Å². The van der Waals surface area contributed by atoms with Crippen LogP contribution in [-0.2, 0) is 11.3 Å². The first-order valence-corrected chi connectivity index (χ1v) is 6.32. The molecule has 0 bridgehead atoms. The minimum atomic E-state index is -0.342. The van der Waals surface area contributed by atoms with Crippen molar-refractivity contribution < 1.29 is 13.9 Å². The van der Waals surface area contributed by atoms with Gasteiger partial charge in [0, 0.05) is 0 Å². The third-order valence-electron chi connectivity index (χ3n) is 3.78. The van der Waals surface area contributed by atoms with Crippen LogP contribution in [0.2, 0.25) is 0 Å². The zero-order valence-corrected chi connectivity index (χ0v) is 11.5. The molecule has 1 heterocycles. The van der Waals surface area contributed by atoms with E-state index in [0.717, 1.165) is 18.2 Å². The van der Waals surface area contributed by atoms with Crippen molar-refractivity contribution in [2.24, 2.45) is 11.3 Å². The molecule has 18 heavy (non-hydrogen) atoms. The van der Waals surface area contributed by atoms with Crippen LogP contribution in [0.1, 0.15) is 42.1 Å². The van der Waals surface area contributed by atoms with Crippen LogP contribution in [0.25, 0.3) is 0 Å². The Labute approximate surface area is 108 Å². The molecule has 1 fully saturated rings. The predicted octanol–water partition coefficient (Wildman–Crippen LogP) is 2.51. The van der Waals surface area contributed by atoms with Gasteiger partial charge in [-0.25, -0.2) is 4.79 Å². The normalized spacial score (nSPS) is 20.8. The first-order chi connectivity index (χ1) is 8.44. The molecule has 0 aromatic carbocycles. The molecule has 1 aliphatic rings. The molecule has 1 aliphatic carbocycles. The van der Waals surface area contributed by atoms with Gasteiger partial charge in [0.05, 0.1) is 13.7 Å². The number of methoxy groups -OCH3 is 1. The number of ether oxygens (including phenoxy) is 1. The van der Waals surface area contributed by atoms with Gasteiger partial charge in [0.1, 0.15) is 17.1 Å². The van der Waals surface area contributed by atoms with Gasteiger partial charge < -0.3 is 14.5 Å². The number of nitrogens with one attached hydrogen (secondary N) is 1. The second-order valence-corrected chi connectivity index (χ2v) is 5.69. The molecule has 0 saturated heterocycles. The van der Waals surface area contributed by atoms with Crippen LogP contribution < -0.4 is 5.32 Å². The molecule has 1 aromatic rings. The van der Waals surface area contributed by atoms with E-state index in [2.05, 4.69) is 19.2 Å². The van der Waals surface area contributed by atoms with E-state index in [1.54, 1.807) is 13.0 Å². The molecule has 100 valence electrons. The summed E-state index contributed by atoms with van der Waals surface area (Å²) in [7, 11) is 1.38. The first-order valence-electron chi connectivity index (χ1n) is 6.32. The zero-order valence-electron chi connectivity index (χ0n) is 11.5. The van der Waals surface area contributed by atoms with E-state index in [1.807, 2.05) is 0 Å². The van der Waals surface area contributed by atoms with Crippen LogP contribution >= 0.6 is 0 Å². The molecule has 2 rings (SSSR count). The van der Waals surface area contributed by atoms with Gasteiger partial charge in [-0.2, -0.15) is 0 Å². The lowest BCUT2D eigenvalue weighted by Gasteiger charge is -2.04.